The van der Waals surface area contributed by atoms with Crippen molar-refractivity contribution in [1.82, 2.24) is 0 Å². The molecule has 0 radical (unpaired) electrons. The first kappa shape index (κ1) is 8.59. The van der Waals surface area contributed by atoms with E-state index >= 15 is 0 Å². The fourth-order valence-electron chi connectivity index (χ4n) is 0.936. The van der Waals surface area contributed by atoms with E-state index in [0.29, 0.717) is 3.43 Å². The monoisotopic (exact) mass is 262 g/mol. The van der Waals surface area contributed by atoms with Gasteiger partial charge in [-0.2, -0.15) is 0 Å². The Hall–Kier alpha value is 0.499. The summed E-state index contributed by atoms with van der Waals surface area (Å²) in [6.45, 7) is 7.09. The maximum atomic E-state index is 2.36. The standard InChI is InChI=1S/C4H3S.C4H9.Sn.2H/c1-2-4-5-3-1;1-4(2)3;;;/h1-3H;1-3H3;;;. The van der Waals surface area contributed by atoms with Crippen LogP contribution in [-0.4, -0.2) is 21.1 Å². The Balaban J connectivity index is 2.57. The summed E-state index contributed by atoms with van der Waals surface area (Å²) in [6.07, 6.45) is 0. The molecule has 0 nitrogen and oxygen atoms in total. The summed E-state index contributed by atoms with van der Waals surface area (Å²) in [7, 11) is 0. The average Bonchev–Trinajstić information content (AvgIpc) is 2.12. The third-order valence-electron chi connectivity index (χ3n) is 1.28. The Morgan fingerprint density at radius 2 is 2.10 bits per heavy atom. The van der Waals surface area contributed by atoms with Crippen LogP contribution in [0.4, 0.5) is 0 Å². The van der Waals surface area contributed by atoms with E-state index in [1.165, 1.54) is 0 Å². The Kier molecular flexibility index (Phi) is 2.80. The fourth-order valence-corrected chi connectivity index (χ4v) is 9.66. The Bertz CT molecular complexity index is 184. The van der Waals surface area contributed by atoms with Crippen molar-refractivity contribution in [2.75, 3.05) is 0 Å². The summed E-state index contributed by atoms with van der Waals surface area (Å²) in [5, 5.41) is 2.19. The van der Waals surface area contributed by atoms with E-state index in [4.69, 9.17) is 0 Å². The first-order valence-corrected chi connectivity index (χ1v) is 8.52. The molecule has 0 unspecified atom stereocenters. The van der Waals surface area contributed by atoms with Crippen LogP contribution in [0.1, 0.15) is 20.8 Å². The first-order valence-electron chi connectivity index (χ1n) is 3.60. The molecular weight excluding hydrogens is 247 g/mol. The molecule has 0 aliphatic carbocycles. The molecule has 0 spiro atoms. The molecule has 0 atom stereocenters. The second kappa shape index (κ2) is 3.26. The second-order valence-electron chi connectivity index (χ2n) is 3.82. The fraction of sp³-hybridized carbons (Fsp3) is 0.500. The summed E-state index contributed by atoms with van der Waals surface area (Å²) in [6, 6.07) is 4.47. The minimum absolute atomic E-state index is 0.633. The third-order valence-corrected chi connectivity index (χ3v) is 9.11. The van der Waals surface area contributed by atoms with Crippen LogP contribution in [0.15, 0.2) is 17.5 Å². The summed E-state index contributed by atoms with van der Waals surface area (Å²) >= 11 is 1.31. The van der Waals surface area contributed by atoms with Crippen LogP contribution < -0.4 is 2.89 Å². The van der Waals surface area contributed by atoms with Crippen molar-refractivity contribution in [1.29, 1.82) is 0 Å². The average molecular weight is 261 g/mol. The zero-order chi connectivity index (χ0) is 7.61. The number of hydrogen-bond donors (Lipinski definition) is 0. The van der Waals surface area contributed by atoms with E-state index < -0.39 is 21.1 Å². The van der Waals surface area contributed by atoms with Gasteiger partial charge < -0.3 is 0 Å². The predicted molar refractivity (Wildman–Crippen MR) is 52.2 cm³/mol. The van der Waals surface area contributed by atoms with E-state index in [1.54, 1.807) is 2.89 Å². The summed E-state index contributed by atoms with van der Waals surface area (Å²) in [4.78, 5) is 0. The number of hydrogen-bond acceptors (Lipinski definition) is 1. The van der Waals surface area contributed by atoms with Crippen LogP contribution in [-0.2, 0) is 0 Å². The van der Waals surface area contributed by atoms with Crippen LogP contribution in [0, 0.1) is 0 Å². The SMILES string of the molecule is C[C](C)(C)[SnH2][c]1cccs1. The molecule has 0 bridgehead atoms. The zero-order valence-corrected chi connectivity index (χ0v) is 11.7. The van der Waals surface area contributed by atoms with E-state index in [1.807, 2.05) is 11.3 Å². The predicted octanol–water partition coefficient (Wildman–Crippen LogP) is 1.76. The molecular formula is C8H14SSn. The molecule has 0 aliphatic heterocycles. The number of rotatable bonds is 1. The molecule has 1 heterocycles. The van der Waals surface area contributed by atoms with Gasteiger partial charge in [0.1, 0.15) is 0 Å². The summed E-state index contributed by atoms with van der Waals surface area (Å²) < 4.78 is 2.35. The van der Waals surface area contributed by atoms with Gasteiger partial charge in [-0.25, -0.2) is 0 Å². The summed E-state index contributed by atoms with van der Waals surface area (Å²) in [5.41, 5.74) is 0. The van der Waals surface area contributed by atoms with E-state index in [9.17, 15) is 0 Å². The van der Waals surface area contributed by atoms with Crippen LogP contribution in [0.2, 0.25) is 3.43 Å². The molecule has 0 fully saturated rings. The molecule has 56 valence electrons. The van der Waals surface area contributed by atoms with Crippen molar-refractivity contribution in [3.8, 4) is 0 Å². The van der Waals surface area contributed by atoms with Crippen molar-refractivity contribution in [3.05, 3.63) is 17.5 Å². The Morgan fingerprint density at radius 3 is 2.50 bits per heavy atom. The molecule has 1 aromatic heterocycles. The topological polar surface area (TPSA) is 0 Å². The molecule has 0 aromatic carbocycles. The van der Waals surface area contributed by atoms with Crippen molar-refractivity contribution < 1.29 is 0 Å². The van der Waals surface area contributed by atoms with E-state index in [2.05, 4.69) is 38.3 Å². The molecule has 0 amide bonds. The van der Waals surface area contributed by atoms with Gasteiger partial charge in [-0.15, -0.1) is 0 Å². The summed E-state index contributed by atoms with van der Waals surface area (Å²) in [5.74, 6) is 0. The maximum absolute atomic E-state index is 2.36. The van der Waals surface area contributed by atoms with E-state index in [0.717, 1.165) is 0 Å². The van der Waals surface area contributed by atoms with Gasteiger partial charge in [0.2, 0.25) is 0 Å². The first-order chi connectivity index (χ1) is 4.58. The molecule has 0 saturated heterocycles. The van der Waals surface area contributed by atoms with Crippen molar-refractivity contribution in [2.45, 2.75) is 24.2 Å². The third kappa shape index (κ3) is 3.06. The van der Waals surface area contributed by atoms with Gasteiger partial charge in [0.15, 0.2) is 0 Å². The molecule has 10 heavy (non-hydrogen) atoms. The van der Waals surface area contributed by atoms with Crippen molar-refractivity contribution >= 4 is 35.4 Å². The molecule has 2 heteroatoms. The Morgan fingerprint density at radius 1 is 1.40 bits per heavy atom. The molecule has 0 N–H and O–H groups in total. The van der Waals surface area contributed by atoms with Gasteiger partial charge in [0.05, 0.1) is 0 Å². The van der Waals surface area contributed by atoms with Crippen molar-refractivity contribution in [3.63, 3.8) is 0 Å². The van der Waals surface area contributed by atoms with Crippen LogP contribution in [0.5, 0.6) is 0 Å². The number of thiophene rings is 1. The molecule has 1 aromatic rings. The molecule has 1 rings (SSSR count). The van der Waals surface area contributed by atoms with Gasteiger partial charge in [-0.3, -0.25) is 0 Å². The van der Waals surface area contributed by atoms with E-state index in [-0.39, 0.29) is 0 Å². The Labute approximate surface area is 76.9 Å². The van der Waals surface area contributed by atoms with Gasteiger partial charge in [-0.1, -0.05) is 0 Å². The van der Waals surface area contributed by atoms with Crippen molar-refractivity contribution in [2.24, 2.45) is 0 Å². The van der Waals surface area contributed by atoms with Gasteiger partial charge in [0, 0.05) is 0 Å². The zero-order valence-electron chi connectivity index (χ0n) is 6.85. The van der Waals surface area contributed by atoms with Gasteiger partial charge >= 0.3 is 77.1 Å². The van der Waals surface area contributed by atoms with Gasteiger partial charge in [-0.05, 0) is 0 Å². The van der Waals surface area contributed by atoms with Gasteiger partial charge in [0.25, 0.3) is 0 Å². The molecule has 0 saturated carbocycles. The van der Waals surface area contributed by atoms with Crippen LogP contribution in [0.3, 0.4) is 0 Å². The quantitative estimate of drug-likeness (QED) is 0.676. The normalized spacial score (nSPS) is 13.1. The van der Waals surface area contributed by atoms with Crippen LogP contribution >= 0.6 is 11.3 Å². The molecule has 0 aliphatic rings. The van der Waals surface area contributed by atoms with Crippen LogP contribution in [0.25, 0.3) is 0 Å². The second-order valence-corrected chi connectivity index (χ2v) is 15.5. The minimum atomic E-state index is -0.633.